The Hall–Kier alpha value is -0.710. The van der Waals surface area contributed by atoms with Gasteiger partial charge in [0, 0.05) is 11.8 Å². The number of rotatable bonds is 2. The molecular formula is C11H18N2O2S. The molecular weight excluding hydrogens is 224 g/mol. The van der Waals surface area contributed by atoms with Crippen LogP contribution in [-0.2, 0) is 9.59 Å². The van der Waals surface area contributed by atoms with Crippen molar-refractivity contribution in [2.45, 2.75) is 44.8 Å². The van der Waals surface area contributed by atoms with Crippen molar-refractivity contribution >= 4 is 23.6 Å². The second kappa shape index (κ2) is 4.65. The lowest BCUT2D eigenvalue weighted by molar-refractivity contribution is -0.150. The van der Waals surface area contributed by atoms with Gasteiger partial charge >= 0.3 is 0 Å². The van der Waals surface area contributed by atoms with Gasteiger partial charge in [0.2, 0.25) is 11.8 Å². The first-order chi connectivity index (χ1) is 7.65. The second-order valence-corrected chi connectivity index (χ2v) is 5.56. The number of carbonyl (C=O) groups excluding carboxylic acids is 2. The number of nitrogens with one attached hydrogen (secondary N) is 1. The molecule has 0 aromatic carbocycles. The van der Waals surface area contributed by atoms with Gasteiger partial charge < -0.3 is 10.2 Å². The molecule has 0 aliphatic carbocycles. The third-order valence-electron chi connectivity index (χ3n) is 3.37. The zero-order chi connectivity index (χ0) is 11.7. The van der Waals surface area contributed by atoms with Crippen LogP contribution >= 0.6 is 11.8 Å². The minimum absolute atomic E-state index is 0.0108. The van der Waals surface area contributed by atoms with Crippen molar-refractivity contribution in [2.24, 2.45) is 0 Å². The van der Waals surface area contributed by atoms with E-state index in [2.05, 4.69) is 5.32 Å². The van der Waals surface area contributed by atoms with Gasteiger partial charge in [-0.25, -0.2) is 0 Å². The third-order valence-corrected chi connectivity index (χ3v) is 4.52. The first-order valence-electron chi connectivity index (χ1n) is 5.85. The molecule has 2 aliphatic heterocycles. The molecule has 2 heterocycles. The lowest BCUT2D eigenvalue weighted by Gasteiger charge is -2.40. The van der Waals surface area contributed by atoms with E-state index in [0.29, 0.717) is 6.42 Å². The summed E-state index contributed by atoms with van der Waals surface area (Å²) in [6, 6.07) is -0.360. The predicted octanol–water partition coefficient (Wildman–Crippen LogP) is 0.617. The number of thioether (sulfide) groups is 1. The smallest absolute Gasteiger partial charge is 0.246 e. The van der Waals surface area contributed by atoms with Crippen LogP contribution in [-0.4, -0.2) is 46.3 Å². The maximum atomic E-state index is 12.2. The van der Waals surface area contributed by atoms with Gasteiger partial charge in [-0.1, -0.05) is 6.92 Å². The number of hydrogen-bond donors (Lipinski definition) is 1. The molecule has 2 amide bonds. The van der Waals surface area contributed by atoms with E-state index < -0.39 is 0 Å². The average Bonchev–Trinajstić information content (AvgIpc) is 2.77. The van der Waals surface area contributed by atoms with Gasteiger partial charge in [0.1, 0.15) is 12.1 Å². The summed E-state index contributed by atoms with van der Waals surface area (Å²) in [5.74, 6) is 2.16. The standard InChI is InChI=1S/C11H18N2O2S/c1-3-9-11(15)13(7(2)10(14)12-9)8-4-5-16-6-8/h7-9H,3-6H2,1-2H3,(H,12,14). The van der Waals surface area contributed by atoms with E-state index in [1.165, 1.54) is 0 Å². The molecule has 2 fully saturated rings. The first-order valence-corrected chi connectivity index (χ1v) is 7.01. The summed E-state index contributed by atoms with van der Waals surface area (Å²) in [6.45, 7) is 3.75. The molecule has 5 heteroatoms. The van der Waals surface area contributed by atoms with Crippen LogP contribution in [0.15, 0.2) is 0 Å². The van der Waals surface area contributed by atoms with Crippen LogP contribution in [0, 0.1) is 0 Å². The highest BCUT2D eigenvalue weighted by Gasteiger charge is 2.41. The van der Waals surface area contributed by atoms with E-state index in [0.717, 1.165) is 17.9 Å². The molecule has 2 rings (SSSR count). The maximum absolute atomic E-state index is 12.2. The Morgan fingerprint density at radius 3 is 2.81 bits per heavy atom. The van der Waals surface area contributed by atoms with E-state index in [4.69, 9.17) is 0 Å². The SMILES string of the molecule is CCC1NC(=O)C(C)N(C2CCSC2)C1=O. The van der Waals surface area contributed by atoms with E-state index in [1.54, 1.807) is 0 Å². The molecule has 0 bridgehead atoms. The Balaban J connectivity index is 2.18. The topological polar surface area (TPSA) is 49.4 Å². The molecule has 90 valence electrons. The van der Waals surface area contributed by atoms with Crippen molar-refractivity contribution in [2.75, 3.05) is 11.5 Å². The molecule has 0 radical (unpaired) electrons. The molecule has 1 N–H and O–H groups in total. The van der Waals surface area contributed by atoms with Gasteiger partial charge in [-0.2, -0.15) is 11.8 Å². The summed E-state index contributed by atoms with van der Waals surface area (Å²) in [4.78, 5) is 25.8. The highest BCUT2D eigenvalue weighted by atomic mass is 32.2. The van der Waals surface area contributed by atoms with Crippen LogP contribution in [0.2, 0.25) is 0 Å². The van der Waals surface area contributed by atoms with Crippen LogP contribution in [0.3, 0.4) is 0 Å². The molecule has 3 atom stereocenters. The van der Waals surface area contributed by atoms with Gasteiger partial charge in [0.25, 0.3) is 0 Å². The van der Waals surface area contributed by atoms with Gasteiger partial charge in [0.15, 0.2) is 0 Å². The fraction of sp³-hybridized carbons (Fsp3) is 0.818. The molecule has 16 heavy (non-hydrogen) atoms. The van der Waals surface area contributed by atoms with Crippen molar-refractivity contribution < 1.29 is 9.59 Å². The monoisotopic (exact) mass is 242 g/mol. The van der Waals surface area contributed by atoms with E-state index in [9.17, 15) is 9.59 Å². The lowest BCUT2D eigenvalue weighted by atomic mass is 10.0. The quantitative estimate of drug-likeness (QED) is 0.772. The highest BCUT2D eigenvalue weighted by Crippen LogP contribution is 2.26. The Bertz CT molecular complexity index is 302. The van der Waals surface area contributed by atoms with Crippen molar-refractivity contribution in [3.8, 4) is 0 Å². The van der Waals surface area contributed by atoms with Crippen LogP contribution in [0.4, 0.5) is 0 Å². The predicted molar refractivity (Wildman–Crippen MR) is 64.3 cm³/mol. The Labute approximate surface area is 100 Å². The zero-order valence-corrected chi connectivity index (χ0v) is 10.5. The van der Waals surface area contributed by atoms with Crippen molar-refractivity contribution in [3.05, 3.63) is 0 Å². The van der Waals surface area contributed by atoms with E-state index in [-0.39, 0.29) is 29.9 Å². The largest absolute Gasteiger partial charge is 0.343 e. The number of nitrogens with zero attached hydrogens (tertiary/aromatic N) is 1. The molecule has 2 saturated heterocycles. The zero-order valence-electron chi connectivity index (χ0n) is 9.73. The maximum Gasteiger partial charge on any atom is 0.246 e. The average molecular weight is 242 g/mol. The number of amides is 2. The Kier molecular flexibility index (Phi) is 3.42. The molecule has 4 nitrogen and oxygen atoms in total. The Morgan fingerprint density at radius 2 is 2.25 bits per heavy atom. The fourth-order valence-corrected chi connectivity index (χ4v) is 3.57. The first kappa shape index (κ1) is 11.8. The number of hydrogen-bond acceptors (Lipinski definition) is 3. The van der Waals surface area contributed by atoms with Gasteiger partial charge in [0.05, 0.1) is 0 Å². The van der Waals surface area contributed by atoms with E-state index >= 15 is 0 Å². The number of carbonyl (C=O) groups is 2. The molecule has 0 saturated carbocycles. The summed E-state index contributed by atoms with van der Waals surface area (Å²) in [7, 11) is 0. The summed E-state index contributed by atoms with van der Waals surface area (Å²) < 4.78 is 0. The fourth-order valence-electron chi connectivity index (χ4n) is 2.37. The van der Waals surface area contributed by atoms with Crippen LogP contribution in [0.25, 0.3) is 0 Å². The molecule has 0 aromatic rings. The second-order valence-electron chi connectivity index (χ2n) is 4.41. The highest BCUT2D eigenvalue weighted by molar-refractivity contribution is 7.99. The van der Waals surface area contributed by atoms with Crippen molar-refractivity contribution in [1.82, 2.24) is 10.2 Å². The van der Waals surface area contributed by atoms with Crippen molar-refractivity contribution in [1.29, 1.82) is 0 Å². The van der Waals surface area contributed by atoms with E-state index in [1.807, 2.05) is 30.5 Å². The summed E-state index contributed by atoms with van der Waals surface area (Å²) in [6.07, 6.45) is 1.69. The van der Waals surface area contributed by atoms with Gasteiger partial charge in [-0.15, -0.1) is 0 Å². The molecule has 0 aromatic heterocycles. The molecule has 0 spiro atoms. The summed E-state index contributed by atoms with van der Waals surface area (Å²) >= 11 is 1.86. The summed E-state index contributed by atoms with van der Waals surface area (Å²) in [5, 5.41) is 2.78. The van der Waals surface area contributed by atoms with Crippen LogP contribution in [0.1, 0.15) is 26.7 Å². The van der Waals surface area contributed by atoms with Crippen molar-refractivity contribution in [3.63, 3.8) is 0 Å². The summed E-state index contributed by atoms with van der Waals surface area (Å²) in [5.41, 5.74) is 0. The van der Waals surface area contributed by atoms with Crippen LogP contribution in [0.5, 0.6) is 0 Å². The third kappa shape index (κ3) is 1.93. The molecule has 2 aliphatic rings. The number of piperazine rings is 1. The normalized spacial score (nSPS) is 35.4. The lowest BCUT2D eigenvalue weighted by Crippen LogP contribution is -2.64. The van der Waals surface area contributed by atoms with Gasteiger partial charge in [-0.05, 0) is 25.5 Å². The minimum Gasteiger partial charge on any atom is -0.343 e. The minimum atomic E-state index is -0.311. The Morgan fingerprint density at radius 1 is 1.50 bits per heavy atom. The molecule has 3 unspecified atom stereocenters. The van der Waals surface area contributed by atoms with Gasteiger partial charge in [-0.3, -0.25) is 9.59 Å². The van der Waals surface area contributed by atoms with Crippen LogP contribution < -0.4 is 5.32 Å².